The zero-order valence-electron chi connectivity index (χ0n) is 10.1. The molecule has 0 atom stereocenters. The molecule has 2 heterocycles. The fraction of sp³-hybridized carbons (Fsp3) is 0.700. The van der Waals surface area contributed by atoms with Gasteiger partial charge in [-0.2, -0.15) is 9.40 Å². The molecule has 7 nitrogen and oxygen atoms in total. The molecule has 1 fully saturated rings. The second-order valence-electron chi connectivity index (χ2n) is 4.24. The van der Waals surface area contributed by atoms with Crippen LogP contribution in [0.15, 0.2) is 17.3 Å². The highest BCUT2D eigenvalue weighted by Crippen LogP contribution is 2.14. The standard InChI is InChI=1S/C10H18N4O3S/c15-9-8-13-4-1-5-14(7-6-13)18(16,17)10-2-3-11-12-10/h2-3,15H,1,4-9H2,(H,11,12). The lowest BCUT2D eigenvalue weighted by molar-refractivity contribution is 0.202. The lowest BCUT2D eigenvalue weighted by Gasteiger charge is -2.20. The summed E-state index contributed by atoms with van der Waals surface area (Å²) in [5.41, 5.74) is 0. The van der Waals surface area contributed by atoms with Crippen LogP contribution in [0.3, 0.4) is 0 Å². The number of hydrogen-bond donors (Lipinski definition) is 2. The Hall–Kier alpha value is -0.960. The van der Waals surface area contributed by atoms with E-state index in [1.165, 1.54) is 16.6 Å². The van der Waals surface area contributed by atoms with Gasteiger partial charge >= 0.3 is 0 Å². The molecular weight excluding hydrogens is 256 g/mol. The lowest BCUT2D eigenvalue weighted by atomic mass is 10.4. The maximum atomic E-state index is 12.3. The molecule has 1 aliphatic rings. The molecule has 2 N–H and O–H groups in total. The van der Waals surface area contributed by atoms with E-state index in [1.54, 1.807) is 0 Å². The smallest absolute Gasteiger partial charge is 0.260 e. The Bertz CT molecular complexity index is 459. The van der Waals surface area contributed by atoms with Crippen LogP contribution in [0.5, 0.6) is 0 Å². The van der Waals surface area contributed by atoms with Crippen LogP contribution in [-0.2, 0) is 10.0 Å². The maximum Gasteiger partial charge on any atom is 0.260 e. The third-order valence-electron chi connectivity index (χ3n) is 3.06. The first-order chi connectivity index (χ1) is 8.64. The summed E-state index contributed by atoms with van der Waals surface area (Å²) in [6.45, 7) is 3.11. The molecule has 0 saturated carbocycles. The Morgan fingerprint density at radius 1 is 1.33 bits per heavy atom. The van der Waals surface area contributed by atoms with Crippen molar-refractivity contribution in [2.24, 2.45) is 0 Å². The fourth-order valence-electron chi connectivity index (χ4n) is 2.08. The maximum absolute atomic E-state index is 12.3. The monoisotopic (exact) mass is 274 g/mol. The minimum Gasteiger partial charge on any atom is -0.395 e. The Labute approximate surface area is 106 Å². The van der Waals surface area contributed by atoms with Gasteiger partial charge in [0.1, 0.15) is 0 Å². The first-order valence-corrected chi connectivity index (χ1v) is 7.41. The van der Waals surface area contributed by atoms with Gasteiger partial charge in [0.15, 0.2) is 5.03 Å². The van der Waals surface area contributed by atoms with E-state index in [2.05, 4.69) is 15.1 Å². The highest BCUT2D eigenvalue weighted by atomic mass is 32.2. The van der Waals surface area contributed by atoms with Crippen molar-refractivity contribution in [1.29, 1.82) is 0 Å². The van der Waals surface area contributed by atoms with E-state index >= 15 is 0 Å². The molecule has 1 aliphatic heterocycles. The van der Waals surface area contributed by atoms with Crippen LogP contribution >= 0.6 is 0 Å². The second-order valence-corrected chi connectivity index (χ2v) is 6.15. The number of aliphatic hydroxyl groups is 1. The van der Waals surface area contributed by atoms with Gasteiger partial charge in [0, 0.05) is 26.2 Å². The van der Waals surface area contributed by atoms with Crippen LogP contribution in [0.25, 0.3) is 0 Å². The average Bonchev–Trinajstić information content (AvgIpc) is 2.78. The molecule has 18 heavy (non-hydrogen) atoms. The van der Waals surface area contributed by atoms with Crippen LogP contribution < -0.4 is 0 Å². The van der Waals surface area contributed by atoms with E-state index in [0.717, 1.165) is 13.0 Å². The van der Waals surface area contributed by atoms with Gasteiger partial charge in [-0.1, -0.05) is 0 Å². The van der Waals surface area contributed by atoms with Crippen molar-refractivity contribution < 1.29 is 13.5 Å². The Morgan fingerprint density at radius 3 is 2.83 bits per heavy atom. The van der Waals surface area contributed by atoms with Crippen molar-refractivity contribution in [3.63, 3.8) is 0 Å². The zero-order chi connectivity index (χ0) is 13.0. The Kier molecular flexibility index (Phi) is 4.33. The third kappa shape index (κ3) is 2.89. The normalized spacial score (nSPS) is 19.8. The minimum atomic E-state index is -3.45. The molecule has 0 radical (unpaired) electrons. The van der Waals surface area contributed by atoms with Crippen molar-refractivity contribution in [2.75, 3.05) is 39.3 Å². The van der Waals surface area contributed by atoms with E-state index in [4.69, 9.17) is 5.11 Å². The number of aromatic nitrogens is 2. The second kappa shape index (κ2) is 5.79. The summed E-state index contributed by atoms with van der Waals surface area (Å²) < 4.78 is 26.0. The minimum absolute atomic E-state index is 0.104. The highest BCUT2D eigenvalue weighted by molar-refractivity contribution is 7.89. The summed E-state index contributed by atoms with van der Waals surface area (Å²) >= 11 is 0. The predicted molar refractivity (Wildman–Crippen MR) is 65.5 cm³/mol. The first kappa shape index (κ1) is 13.5. The first-order valence-electron chi connectivity index (χ1n) is 5.97. The number of H-pyrrole nitrogens is 1. The van der Waals surface area contributed by atoms with Gasteiger partial charge in [-0.3, -0.25) is 10.00 Å². The summed E-state index contributed by atoms with van der Waals surface area (Å²) in [7, 11) is -3.45. The molecule has 1 saturated heterocycles. The molecule has 1 aromatic heterocycles. The molecule has 0 aromatic carbocycles. The van der Waals surface area contributed by atoms with Crippen molar-refractivity contribution in [2.45, 2.75) is 11.4 Å². The van der Waals surface area contributed by atoms with Crippen LogP contribution in [-0.4, -0.2) is 72.3 Å². The average molecular weight is 274 g/mol. The van der Waals surface area contributed by atoms with E-state index < -0.39 is 10.0 Å². The van der Waals surface area contributed by atoms with Gasteiger partial charge in [-0.25, -0.2) is 8.42 Å². The fourth-order valence-corrected chi connectivity index (χ4v) is 3.45. The van der Waals surface area contributed by atoms with E-state index in [9.17, 15) is 8.42 Å². The molecule has 0 unspecified atom stereocenters. The number of aromatic amines is 1. The zero-order valence-corrected chi connectivity index (χ0v) is 10.9. The van der Waals surface area contributed by atoms with Crippen molar-refractivity contribution in [3.05, 3.63) is 12.3 Å². The largest absolute Gasteiger partial charge is 0.395 e. The van der Waals surface area contributed by atoms with Gasteiger partial charge < -0.3 is 5.11 Å². The number of aliphatic hydroxyl groups excluding tert-OH is 1. The molecule has 102 valence electrons. The summed E-state index contributed by atoms with van der Waals surface area (Å²) in [5.74, 6) is 0. The van der Waals surface area contributed by atoms with E-state index in [-0.39, 0.29) is 11.6 Å². The van der Waals surface area contributed by atoms with Crippen molar-refractivity contribution >= 4 is 10.0 Å². The number of sulfonamides is 1. The van der Waals surface area contributed by atoms with E-state index in [0.29, 0.717) is 26.2 Å². The molecule has 1 aromatic rings. The predicted octanol–water partition coefficient (Wildman–Crippen LogP) is -0.902. The van der Waals surface area contributed by atoms with Crippen molar-refractivity contribution in [1.82, 2.24) is 19.4 Å². The number of rotatable bonds is 4. The molecular formula is C10H18N4O3S. The lowest BCUT2D eigenvalue weighted by Crippen LogP contribution is -2.36. The SMILES string of the molecule is O=S(=O)(c1ccn[nH]1)N1CCCN(CCO)CC1. The molecule has 0 amide bonds. The number of nitrogens with zero attached hydrogens (tertiary/aromatic N) is 3. The molecule has 2 rings (SSSR count). The number of nitrogens with one attached hydrogen (secondary N) is 1. The third-order valence-corrected chi connectivity index (χ3v) is 4.88. The van der Waals surface area contributed by atoms with Crippen LogP contribution in [0, 0.1) is 0 Å². The van der Waals surface area contributed by atoms with E-state index in [1.807, 2.05) is 0 Å². The van der Waals surface area contributed by atoms with Crippen LogP contribution in [0.2, 0.25) is 0 Å². The Morgan fingerprint density at radius 2 is 2.17 bits per heavy atom. The summed E-state index contributed by atoms with van der Waals surface area (Å²) in [6, 6.07) is 1.46. The molecule has 0 spiro atoms. The Balaban J connectivity index is 2.06. The van der Waals surface area contributed by atoms with Gasteiger partial charge in [0.05, 0.1) is 12.8 Å². The topological polar surface area (TPSA) is 89.5 Å². The van der Waals surface area contributed by atoms with Gasteiger partial charge in [-0.05, 0) is 19.0 Å². The van der Waals surface area contributed by atoms with Gasteiger partial charge in [0.25, 0.3) is 10.0 Å². The highest BCUT2D eigenvalue weighted by Gasteiger charge is 2.27. The summed E-state index contributed by atoms with van der Waals surface area (Å²) in [5, 5.41) is 15.2. The molecule has 8 heteroatoms. The molecule has 0 aliphatic carbocycles. The number of β-amino-alcohol motifs (C(OH)–C–C–N with tert-alkyl or cyclic N) is 1. The van der Waals surface area contributed by atoms with Crippen LogP contribution in [0.1, 0.15) is 6.42 Å². The summed E-state index contributed by atoms with van der Waals surface area (Å²) in [4.78, 5) is 2.07. The van der Waals surface area contributed by atoms with Crippen LogP contribution in [0.4, 0.5) is 0 Å². The van der Waals surface area contributed by atoms with Crippen molar-refractivity contribution in [3.8, 4) is 0 Å². The quantitative estimate of drug-likeness (QED) is 0.742. The number of hydrogen-bond acceptors (Lipinski definition) is 5. The molecule has 0 bridgehead atoms. The van der Waals surface area contributed by atoms with Gasteiger partial charge in [-0.15, -0.1) is 0 Å². The van der Waals surface area contributed by atoms with Gasteiger partial charge in [0.2, 0.25) is 0 Å². The summed E-state index contributed by atoms with van der Waals surface area (Å²) in [6.07, 6.45) is 2.20.